The van der Waals surface area contributed by atoms with Crippen molar-refractivity contribution in [2.45, 2.75) is 44.4 Å². The molecule has 1 spiro atoms. The Kier molecular flexibility index (Phi) is 4.09. The van der Waals surface area contributed by atoms with Crippen LogP contribution in [0.1, 0.15) is 50.1 Å². The van der Waals surface area contributed by atoms with Crippen LogP contribution in [0.25, 0.3) is 27.8 Å². The third-order valence-corrected chi connectivity index (χ3v) is 7.90. The Labute approximate surface area is 186 Å². The molecule has 3 fully saturated rings. The van der Waals surface area contributed by atoms with Gasteiger partial charge in [0.25, 0.3) is 0 Å². The zero-order valence-corrected chi connectivity index (χ0v) is 18.3. The van der Waals surface area contributed by atoms with Crippen molar-refractivity contribution >= 4 is 22.4 Å². The van der Waals surface area contributed by atoms with Crippen molar-refractivity contribution in [2.24, 2.45) is 5.41 Å². The first-order chi connectivity index (χ1) is 15.8. The summed E-state index contributed by atoms with van der Waals surface area (Å²) in [4.78, 5) is 7.07. The third-order valence-electron chi connectivity index (χ3n) is 7.90. The van der Waals surface area contributed by atoms with Gasteiger partial charge in [-0.3, -0.25) is 5.10 Å². The lowest BCUT2D eigenvalue weighted by molar-refractivity contribution is 0.00204. The molecule has 3 aliphatic rings. The van der Waals surface area contributed by atoms with Gasteiger partial charge in [0.1, 0.15) is 5.82 Å². The summed E-state index contributed by atoms with van der Waals surface area (Å²) in [6.07, 6.45) is 9.31. The maximum absolute atomic E-state index is 5.61. The first-order valence-electron chi connectivity index (χ1n) is 11.9. The Balaban J connectivity index is 1.21. The first kappa shape index (κ1) is 18.6. The number of aromatic nitrogens is 5. The molecule has 1 N–H and O–H groups in total. The van der Waals surface area contributed by atoms with Crippen LogP contribution in [0.2, 0.25) is 0 Å². The topological polar surface area (TPSA) is 71.3 Å². The minimum absolute atomic E-state index is 0.484. The minimum Gasteiger partial charge on any atom is -0.381 e. The normalized spacial score (nSPS) is 21.1. The molecule has 7 nitrogen and oxygen atoms in total. The molecule has 2 saturated heterocycles. The molecule has 1 saturated carbocycles. The second kappa shape index (κ2) is 7.04. The van der Waals surface area contributed by atoms with E-state index in [0.29, 0.717) is 11.3 Å². The number of aromatic amines is 1. The summed E-state index contributed by atoms with van der Waals surface area (Å²) in [5, 5.41) is 14.0. The van der Waals surface area contributed by atoms with E-state index >= 15 is 0 Å². The average Bonchev–Trinajstić information content (AvgIpc) is 3.45. The molecule has 0 bridgehead atoms. The Morgan fingerprint density at radius 3 is 2.66 bits per heavy atom. The molecule has 3 aromatic heterocycles. The highest BCUT2D eigenvalue weighted by molar-refractivity contribution is 5.87. The van der Waals surface area contributed by atoms with Gasteiger partial charge in [-0.2, -0.15) is 5.10 Å². The van der Waals surface area contributed by atoms with E-state index in [0.717, 1.165) is 54.5 Å². The monoisotopic (exact) mass is 428 g/mol. The van der Waals surface area contributed by atoms with E-state index < -0.39 is 0 Å². The van der Waals surface area contributed by atoms with Crippen molar-refractivity contribution in [3.8, 4) is 11.3 Å². The van der Waals surface area contributed by atoms with Crippen LogP contribution in [0.5, 0.6) is 0 Å². The second-order valence-corrected chi connectivity index (χ2v) is 9.85. The maximum atomic E-state index is 5.61. The number of ether oxygens (including phenoxy) is 1. The first-order valence-corrected chi connectivity index (χ1v) is 11.9. The van der Waals surface area contributed by atoms with E-state index in [9.17, 15) is 0 Å². The van der Waals surface area contributed by atoms with E-state index in [4.69, 9.17) is 9.84 Å². The van der Waals surface area contributed by atoms with Crippen molar-refractivity contribution in [2.75, 3.05) is 31.2 Å². The number of hydrogen-bond donors (Lipinski definition) is 1. The number of piperidine rings is 1. The van der Waals surface area contributed by atoms with Crippen LogP contribution in [0.4, 0.5) is 5.82 Å². The van der Waals surface area contributed by atoms with Gasteiger partial charge in [0.15, 0.2) is 5.65 Å². The van der Waals surface area contributed by atoms with Crippen LogP contribution in [0.3, 0.4) is 0 Å². The van der Waals surface area contributed by atoms with Gasteiger partial charge < -0.3 is 9.64 Å². The lowest BCUT2D eigenvalue weighted by Crippen LogP contribution is -2.43. The summed E-state index contributed by atoms with van der Waals surface area (Å²) in [6, 6.07) is 10.7. The molecule has 0 amide bonds. The van der Waals surface area contributed by atoms with Gasteiger partial charge in [-0.05, 0) is 68.2 Å². The Morgan fingerprint density at radius 1 is 1.00 bits per heavy atom. The number of hydrogen-bond acceptors (Lipinski definition) is 5. The van der Waals surface area contributed by atoms with Gasteiger partial charge in [0.05, 0.1) is 23.1 Å². The fourth-order valence-corrected chi connectivity index (χ4v) is 5.61. The lowest BCUT2D eigenvalue weighted by Gasteiger charge is -2.44. The van der Waals surface area contributed by atoms with Gasteiger partial charge in [-0.25, -0.2) is 9.50 Å². The summed E-state index contributed by atoms with van der Waals surface area (Å²) in [6.45, 7) is 3.97. The number of anilines is 1. The van der Waals surface area contributed by atoms with Crippen LogP contribution in [0, 0.1) is 5.41 Å². The fourth-order valence-electron chi connectivity index (χ4n) is 5.61. The van der Waals surface area contributed by atoms with Crippen LogP contribution >= 0.6 is 0 Å². The molecule has 0 radical (unpaired) electrons. The highest BCUT2D eigenvalue weighted by atomic mass is 16.5. The molecule has 32 heavy (non-hydrogen) atoms. The van der Waals surface area contributed by atoms with Gasteiger partial charge in [-0.15, -0.1) is 5.10 Å². The summed E-state index contributed by atoms with van der Waals surface area (Å²) in [7, 11) is 0. The molecular weight excluding hydrogens is 400 g/mol. The quantitative estimate of drug-likeness (QED) is 0.518. The highest BCUT2D eigenvalue weighted by Gasteiger charge is 2.36. The molecule has 164 valence electrons. The van der Waals surface area contributed by atoms with Crippen molar-refractivity contribution in [3.63, 3.8) is 0 Å². The number of imidazole rings is 1. The van der Waals surface area contributed by atoms with Gasteiger partial charge in [0, 0.05) is 43.2 Å². The number of fused-ring (bicyclic) bond motifs is 2. The number of nitrogens with one attached hydrogen (secondary N) is 1. The Hall–Kier alpha value is -2.93. The van der Waals surface area contributed by atoms with E-state index in [1.807, 2.05) is 10.7 Å². The number of benzene rings is 1. The van der Waals surface area contributed by atoms with Gasteiger partial charge in [0.2, 0.25) is 0 Å². The molecule has 7 rings (SSSR count). The third kappa shape index (κ3) is 3.02. The lowest BCUT2D eigenvalue weighted by atomic mass is 9.72. The molecular formula is C25H28N6O. The average molecular weight is 429 g/mol. The zero-order chi connectivity index (χ0) is 21.1. The van der Waals surface area contributed by atoms with Crippen LogP contribution in [0.15, 0.2) is 36.5 Å². The van der Waals surface area contributed by atoms with Crippen molar-refractivity contribution in [1.82, 2.24) is 24.8 Å². The van der Waals surface area contributed by atoms with E-state index in [1.54, 1.807) is 0 Å². The largest absolute Gasteiger partial charge is 0.381 e. The molecule has 2 aliphatic heterocycles. The Bertz CT molecular complexity index is 1290. The summed E-state index contributed by atoms with van der Waals surface area (Å²) in [5.41, 5.74) is 5.85. The molecule has 1 aliphatic carbocycles. The van der Waals surface area contributed by atoms with Gasteiger partial charge in [-0.1, -0.05) is 6.07 Å². The van der Waals surface area contributed by atoms with E-state index in [1.165, 1.54) is 49.6 Å². The van der Waals surface area contributed by atoms with Crippen LogP contribution < -0.4 is 4.90 Å². The zero-order valence-electron chi connectivity index (χ0n) is 18.3. The SMILES string of the molecule is c1cc2[nH]nc(C3CC3)c2cc1-c1cnc2ccc(N3CCC4(CCOCC4)CC3)nn12. The van der Waals surface area contributed by atoms with Gasteiger partial charge >= 0.3 is 0 Å². The number of H-pyrrole nitrogens is 1. The molecule has 4 aromatic rings. The molecule has 7 heteroatoms. The molecule has 1 aromatic carbocycles. The van der Waals surface area contributed by atoms with E-state index in [-0.39, 0.29) is 0 Å². The maximum Gasteiger partial charge on any atom is 0.154 e. The van der Waals surface area contributed by atoms with Crippen molar-refractivity contribution in [3.05, 3.63) is 42.2 Å². The second-order valence-electron chi connectivity index (χ2n) is 9.85. The predicted octanol–water partition coefficient (Wildman–Crippen LogP) is 4.55. The summed E-state index contributed by atoms with van der Waals surface area (Å²) >= 11 is 0. The van der Waals surface area contributed by atoms with E-state index in [2.05, 4.69) is 50.4 Å². The highest BCUT2D eigenvalue weighted by Crippen LogP contribution is 2.43. The predicted molar refractivity (Wildman–Crippen MR) is 124 cm³/mol. The smallest absolute Gasteiger partial charge is 0.154 e. The number of nitrogens with zero attached hydrogens (tertiary/aromatic N) is 5. The molecule has 0 atom stereocenters. The van der Waals surface area contributed by atoms with Crippen molar-refractivity contribution < 1.29 is 4.74 Å². The Morgan fingerprint density at radius 2 is 1.84 bits per heavy atom. The molecule has 5 heterocycles. The van der Waals surface area contributed by atoms with Crippen LogP contribution in [-0.4, -0.2) is 51.1 Å². The minimum atomic E-state index is 0.484. The fraction of sp³-hybridized carbons (Fsp3) is 0.480. The summed E-state index contributed by atoms with van der Waals surface area (Å²) in [5.74, 6) is 1.66. The molecule has 0 unspecified atom stereocenters. The van der Waals surface area contributed by atoms with Crippen molar-refractivity contribution in [1.29, 1.82) is 0 Å². The summed E-state index contributed by atoms with van der Waals surface area (Å²) < 4.78 is 7.61. The van der Waals surface area contributed by atoms with Crippen LogP contribution in [-0.2, 0) is 4.74 Å². The number of rotatable bonds is 3. The standard InChI is InChI=1S/C25H28N6O/c1-2-17(1)24-19-15-18(3-4-20(19)27-28-24)21-16-26-22-5-6-23(29-31(21)22)30-11-7-25(8-12-30)9-13-32-14-10-25/h3-6,15-17H,1-2,7-14H2,(H,27,28).